The van der Waals surface area contributed by atoms with Crippen molar-refractivity contribution in [2.24, 2.45) is 0 Å². The molecule has 0 heterocycles. The van der Waals surface area contributed by atoms with Gasteiger partial charge in [-0.3, -0.25) is 0 Å². The summed E-state index contributed by atoms with van der Waals surface area (Å²) in [4.78, 5) is 20.2. The maximum atomic E-state index is 10.2. The topological polar surface area (TPSA) is 121 Å². The summed E-state index contributed by atoms with van der Waals surface area (Å²) in [6, 6.07) is 0. The summed E-state index contributed by atoms with van der Waals surface area (Å²) >= 11 is 0. The van der Waals surface area contributed by atoms with Crippen LogP contribution >= 0.6 is 0 Å². The molecular weight excluding hydrogens is 421 g/mol. The van der Waals surface area contributed by atoms with Crippen LogP contribution in [-0.2, 0) is 9.59 Å². The molecule has 0 aliphatic rings. The summed E-state index contributed by atoms with van der Waals surface area (Å²) in [6.07, 6.45) is 21.9. The Bertz CT molecular complexity index is 415. The summed E-state index contributed by atoms with van der Waals surface area (Å²) in [7, 11) is 0. The maximum Gasteiger partial charge on any atom is 2.00 e. The van der Waals surface area contributed by atoms with Gasteiger partial charge in [-0.2, -0.15) is 0 Å². The van der Waals surface area contributed by atoms with Crippen molar-refractivity contribution in [3.63, 3.8) is 0 Å². The van der Waals surface area contributed by atoms with Crippen LogP contribution in [0.15, 0.2) is 0 Å². The minimum absolute atomic E-state index is 0. The number of rotatable bonds is 21. The van der Waals surface area contributed by atoms with Gasteiger partial charge in [-0.1, -0.05) is 117 Å². The molecule has 0 rings (SSSR count). The number of carbonyl (C=O) groups excluding carboxylic acids is 2. The van der Waals surface area contributed by atoms with Gasteiger partial charge in [-0.05, 0) is 19.3 Å². The molecular formula is C25H48MgO6. The van der Waals surface area contributed by atoms with Crippen LogP contribution in [0.25, 0.3) is 0 Å². The summed E-state index contributed by atoms with van der Waals surface area (Å²) in [5.74, 6) is -5.37. The predicted octanol–water partition coefficient (Wildman–Crippen LogP) is 3.61. The van der Waals surface area contributed by atoms with E-state index >= 15 is 0 Å². The first-order valence-electron chi connectivity index (χ1n) is 12.6. The summed E-state index contributed by atoms with van der Waals surface area (Å²) < 4.78 is 0. The van der Waals surface area contributed by atoms with E-state index in [0.717, 1.165) is 25.7 Å². The van der Waals surface area contributed by atoms with Gasteiger partial charge in [0, 0.05) is 12.4 Å². The Hall–Kier alpha value is -0.374. The summed E-state index contributed by atoms with van der Waals surface area (Å²) in [6.45, 7) is 4.21. The number of unbranched alkanes of at least 4 members (excludes halogenated alkanes) is 16. The number of hydrogen-bond acceptors (Lipinski definition) is 6. The second-order valence-corrected chi connectivity index (χ2v) is 8.63. The van der Waals surface area contributed by atoms with E-state index in [1.54, 1.807) is 0 Å². The van der Waals surface area contributed by atoms with Gasteiger partial charge in [0.25, 0.3) is 0 Å². The van der Waals surface area contributed by atoms with E-state index in [-0.39, 0.29) is 35.9 Å². The van der Waals surface area contributed by atoms with Gasteiger partial charge in [0.15, 0.2) is 0 Å². The number of aliphatic hydroxyl groups is 2. The molecule has 0 atom stereocenters. The van der Waals surface area contributed by atoms with Gasteiger partial charge < -0.3 is 30.0 Å². The second-order valence-electron chi connectivity index (χ2n) is 8.63. The molecule has 0 aromatic rings. The number of carboxylic acids is 2. The van der Waals surface area contributed by atoms with Crippen molar-refractivity contribution in [2.75, 3.05) is 0 Å². The van der Waals surface area contributed by atoms with Crippen LogP contribution < -0.4 is 10.2 Å². The Balaban J connectivity index is -0.000000597. The van der Waals surface area contributed by atoms with Gasteiger partial charge in [-0.15, -0.1) is 0 Å². The molecule has 0 radical (unpaired) electrons. The Kier molecular flexibility index (Phi) is 30.4. The Morgan fingerprint density at radius 2 is 0.906 bits per heavy atom. The van der Waals surface area contributed by atoms with Crippen molar-refractivity contribution in [2.45, 2.75) is 148 Å². The molecule has 6 nitrogen and oxygen atoms in total. The fourth-order valence-electron chi connectivity index (χ4n) is 3.36. The van der Waals surface area contributed by atoms with Crippen LogP contribution in [0.5, 0.6) is 0 Å². The zero-order chi connectivity index (χ0) is 23.8. The maximum absolute atomic E-state index is 10.2. The van der Waals surface area contributed by atoms with Gasteiger partial charge in [0.2, 0.25) is 5.79 Å². The first kappa shape index (κ1) is 36.2. The third kappa shape index (κ3) is 29.6. The normalized spacial score (nSPS) is 10.8. The molecule has 0 spiro atoms. The number of carbonyl (C=O) groups is 2. The average molecular weight is 469 g/mol. The van der Waals surface area contributed by atoms with Crippen LogP contribution in [0, 0.1) is 0 Å². The Labute approximate surface area is 212 Å². The smallest absolute Gasteiger partial charge is 0.550 e. The first-order chi connectivity index (χ1) is 14.8. The van der Waals surface area contributed by atoms with Gasteiger partial charge in [0.1, 0.15) is 5.97 Å². The van der Waals surface area contributed by atoms with Crippen molar-refractivity contribution >= 4 is 35.0 Å². The molecule has 0 aromatic carbocycles. The SMILES string of the molecule is CCCCCC(O)(O)C(=O)[O-].CCCCCCCCCCCCCCCCCC(=O)[O-].[Mg+2]. The van der Waals surface area contributed by atoms with E-state index in [9.17, 15) is 19.8 Å². The average Bonchev–Trinajstić information content (AvgIpc) is 2.71. The molecule has 0 bridgehead atoms. The van der Waals surface area contributed by atoms with E-state index in [0.29, 0.717) is 6.42 Å². The monoisotopic (exact) mass is 468 g/mol. The van der Waals surface area contributed by atoms with Crippen LogP contribution in [-0.4, -0.2) is 51.0 Å². The van der Waals surface area contributed by atoms with Crippen LogP contribution in [0.1, 0.15) is 142 Å². The van der Waals surface area contributed by atoms with E-state index in [1.807, 2.05) is 6.92 Å². The predicted molar refractivity (Wildman–Crippen MR) is 127 cm³/mol. The Morgan fingerprint density at radius 1 is 0.594 bits per heavy atom. The molecule has 0 saturated heterocycles. The standard InChI is InChI=1S/C18H36O2.C7H14O4.Mg/c1-2-3-4-5-6-7-8-9-10-11-12-13-14-15-16-17-18(19)20;1-2-3-4-5-7(10,11)6(8)9;/h2-17H2,1H3,(H,19,20);10-11H,2-5H2,1H3,(H,8,9);/q;;+2/p-2. The quantitative estimate of drug-likeness (QED) is 0.151. The van der Waals surface area contributed by atoms with Crippen molar-refractivity contribution in [3.05, 3.63) is 0 Å². The van der Waals surface area contributed by atoms with Gasteiger partial charge >= 0.3 is 23.1 Å². The molecule has 186 valence electrons. The third-order valence-corrected chi connectivity index (χ3v) is 5.44. The van der Waals surface area contributed by atoms with E-state index in [2.05, 4.69) is 6.92 Å². The van der Waals surface area contributed by atoms with Crippen LogP contribution in [0.3, 0.4) is 0 Å². The largest absolute Gasteiger partial charge is 2.00 e. The van der Waals surface area contributed by atoms with E-state index in [1.165, 1.54) is 83.5 Å². The van der Waals surface area contributed by atoms with Crippen LogP contribution in [0.4, 0.5) is 0 Å². The van der Waals surface area contributed by atoms with Crippen molar-refractivity contribution in [1.82, 2.24) is 0 Å². The fraction of sp³-hybridized carbons (Fsp3) is 0.920. The molecule has 2 N–H and O–H groups in total. The third-order valence-electron chi connectivity index (χ3n) is 5.44. The number of aliphatic carboxylic acids is 2. The van der Waals surface area contributed by atoms with Gasteiger partial charge in [0.05, 0.1) is 0 Å². The molecule has 0 aliphatic heterocycles. The molecule has 0 unspecified atom stereocenters. The number of hydrogen-bond donors (Lipinski definition) is 2. The molecule has 7 heteroatoms. The molecule has 0 aliphatic carbocycles. The fourth-order valence-corrected chi connectivity index (χ4v) is 3.36. The second kappa shape index (κ2) is 26.9. The zero-order valence-electron chi connectivity index (χ0n) is 20.9. The molecule has 0 fully saturated rings. The van der Waals surface area contributed by atoms with Crippen molar-refractivity contribution in [1.29, 1.82) is 0 Å². The molecule has 0 aromatic heterocycles. The molecule has 0 amide bonds. The number of carboxylic acid groups (broad SMARTS) is 2. The molecule has 0 saturated carbocycles. The Morgan fingerprint density at radius 3 is 1.22 bits per heavy atom. The minimum Gasteiger partial charge on any atom is -0.550 e. The van der Waals surface area contributed by atoms with Crippen LogP contribution in [0.2, 0.25) is 0 Å². The summed E-state index contributed by atoms with van der Waals surface area (Å²) in [5.41, 5.74) is 0. The van der Waals surface area contributed by atoms with Crippen molar-refractivity contribution in [3.8, 4) is 0 Å². The zero-order valence-corrected chi connectivity index (χ0v) is 22.3. The van der Waals surface area contributed by atoms with Gasteiger partial charge in [-0.25, -0.2) is 0 Å². The van der Waals surface area contributed by atoms with E-state index < -0.39 is 17.7 Å². The summed E-state index contributed by atoms with van der Waals surface area (Å²) in [5, 5.41) is 37.6. The van der Waals surface area contributed by atoms with Crippen molar-refractivity contribution < 1.29 is 30.0 Å². The molecule has 32 heavy (non-hydrogen) atoms. The minimum atomic E-state index is -2.64. The van der Waals surface area contributed by atoms with E-state index in [4.69, 9.17) is 10.2 Å². The first-order valence-corrected chi connectivity index (χ1v) is 12.6.